The monoisotopic (exact) mass is 302 g/mol. The molecule has 4 heteroatoms. The standard InChI is InChI=1S/C17H15ClO3/c1-2-12-4-3-5-14(10-12)21-16-8-6-13(11-15(16)18)7-9-17(19)20/h3-11H,2H2,1H3,(H,19,20)/b9-7+. The van der Waals surface area contributed by atoms with Crippen LogP contribution in [0.1, 0.15) is 18.1 Å². The number of carbonyl (C=O) groups is 1. The maximum Gasteiger partial charge on any atom is 0.328 e. The molecule has 0 atom stereocenters. The quantitative estimate of drug-likeness (QED) is 0.808. The zero-order chi connectivity index (χ0) is 15.2. The maximum atomic E-state index is 10.5. The first-order valence-corrected chi connectivity index (χ1v) is 6.93. The van der Waals surface area contributed by atoms with Gasteiger partial charge < -0.3 is 9.84 Å². The van der Waals surface area contributed by atoms with Gasteiger partial charge in [-0.15, -0.1) is 0 Å². The zero-order valence-corrected chi connectivity index (χ0v) is 12.3. The van der Waals surface area contributed by atoms with Crippen LogP contribution in [0.5, 0.6) is 11.5 Å². The molecule has 0 unspecified atom stereocenters. The Morgan fingerprint density at radius 2 is 2.10 bits per heavy atom. The Balaban J connectivity index is 2.19. The van der Waals surface area contributed by atoms with Crippen molar-refractivity contribution in [1.82, 2.24) is 0 Å². The van der Waals surface area contributed by atoms with Gasteiger partial charge in [-0.05, 0) is 47.9 Å². The lowest BCUT2D eigenvalue weighted by Gasteiger charge is -2.09. The minimum Gasteiger partial charge on any atom is -0.478 e. The van der Waals surface area contributed by atoms with E-state index >= 15 is 0 Å². The lowest BCUT2D eigenvalue weighted by molar-refractivity contribution is -0.131. The summed E-state index contributed by atoms with van der Waals surface area (Å²) in [4.78, 5) is 10.5. The van der Waals surface area contributed by atoms with Crippen LogP contribution in [0, 0.1) is 0 Å². The Hall–Kier alpha value is -2.26. The van der Waals surface area contributed by atoms with Crippen LogP contribution in [0.4, 0.5) is 0 Å². The fourth-order valence-electron chi connectivity index (χ4n) is 1.83. The summed E-state index contributed by atoms with van der Waals surface area (Å²) in [6.45, 7) is 2.08. The SMILES string of the molecule is CCc1cccc(Oc2ccc(/C=C/C(=O)O)cc2Cl)c1. The Bertz CT molecular complexity index is 677. The van der Waals surface area contributed by atoms with Gasteiger partial charge in [0.1, 0.15) is 11.5 Å². The minimum atomic E-state index is -0.997. The molecule has 0 aliphatic heterocycles. The molecule has 0 bridgehead atoms. The first kappa shape index (κ1) is 15.1. The van der Waals surface area contributed by atoms with Crippen molar-refractivity contribution < 1.29 is 14.6 Å². The third-order valence-corrected chi connectivity index (χ3v) is 3.20. The molecule has 2 rings (SSSR count). The second kappa shape index (κ2) is 6.95. The van der Waals surface area contributed by atoms with Gasteiger partial charge in [0.05, 0.1) is 5.02 Å². The van der Waals surface area contributed by atoms with Crippen molar-refractivity contribution in [3.63, 3.8) is 0 Å². The summed E-state index contributed by atoms with van der Waals surface area (Å²) in [7, 11) is 0. The number of halogens is 1. The smallest absolute Gasteiger partial charge is 0.328 e. The molecular formula is C17H15ClO3. The van der Waals surface area contributed by atoms with E-state index in [0.717, 1.165) is 18.2 Å². The van der Waals surface area contributed by atoms with E-state index in [9.17, 15) is 4.79 Å². The first-order valence-electron chi connectivity index (χ1n) is 6.56. The van der Waals surface area contributed by atoms with Gasteiger partial charge in [-0.1, -0.05) is 36.7 Å². The second-order valence-corrected chi connectivity index (χ2v) is 4.87. The fourth-order valence-corrected chi connectivity index (χ4v) is 2.05. The third-order valence-electron chi connectivity index (χ3n) is 2.91. The molecule has 1 N–H and O–H groups in total. The molecule has 0 heterocycles. The van der Waals surface area contributed by atoms with Crippen LogP contribution in [-0.2, 0) is 11.2 Å². The van der Waals surface area contributed by atoms with Crippen LogP contribution >= 0.6 is 11.6 Å². The molecule has 2 aromatic carbocycles. The van der Waals surface area contributed by atoms with Crippen molar-refractivity contribution in [3.05, 3.63) is 64.7 Å². The van der Waals surface area contributed by atoms with Crippen molar-refractivity contribution in [3.8, 4) is 11.5 Å². The highest BCUT2D eigenvalue weighted by Gasteiger charge is 2.04. The van der Waals surface area contributed by atoms with Gasteiger partial charge >= 0.3 is 5.97 Å². The Morgan fingerprint density at radius 3 is 2.76 bits per heavy atom. The third kappa shape index (κ3) is 4.36. The first-order chi connectivity index (χ1) is 10.1. The average molecular weight is 303 g/mol. The van der Waals surface area contributed by atoms with Gasteiger partial charge in [0.2, 0.25) is 0 Å². The number of aryl methyl sites for hydroxylation is 1. The number of hydrogen-bond donors (Lipinski definition) is 1. The molecule has 0 saturated carbocycles. The van der Waals surface area contributed by atoms with Crippen molar-refractivity contribution in [2.45, 2.75) is 13.3 Å². The summed E-state index contributed by atoms with van der Waals surface area (Å²) in [5, 5.41) is 9.03. The van der Waals surface area contributed by atoms with E-state index in [2.05, 4.69) is 6.92 Å². The van der Waals surface area contributed by atoms with E-state index in [4.69, 9.17) is 21.4 Å². The normalized spacial score (nSPS) is 10.8. The predicted molar refractivity (Wildman–Crippen MR) is 84.0 cm³/mol. The van der Waals surface area contributed by atoms with Crippen LogP contribution in [0.3, 0.4) is 0 Å². The van der Waals surface area contributed by atoms with Gasteiger partial charge in [-0.2, -0.15) is 0 Å². The Morgan fingerprint density at radius 1 is 1.29 bits per heavy atom. The fraction of sp³-hybridized carbons (Fsp3) is 0.118. The van der Waals surface area contributed by atoms with E-state index in [1.807, 2.05) is 24.3 Å². The highest BCUT2D eigenvalue weighted by molar-refractivity contribution is 6.32. The number of rotatable bonds is 5. The lowest BCUT2D eigenvalue weighted by Crippen LogP contribution is -1.89. The van der Waals surface area contributed by atoms with Gasteiger partial charge in [-0.25, -0.2) is 4.79 Å². The summed E-state index contributed by atoms with van der Waals surface area (Å²) in [6, 6.07) is 13.0. The topological polar surface area (TPSA) is 46.5 Å². The van der Waals surface area contributed by atoms with E-state index < -0.39 is 5.97 Å². The molecule has 0 aromatic heterocycles. The van der Waals surface area contributed by atoms with Crippen LogP contribution < -0.4 is 4.74 Å². The van der Waals surface area contributed by atoms with Gasteiger partial charge in [-0.3, -0.25) is 0 Å². The lowest BCUT2D eigenvalue weighted by atomic mass is 10.1. The van der Waals surface area contributed by atoms with E-state index in [0.29, 0.717) is 16.3 Å². The summed E-state index contributed by atoms with van der Waals surface area (Å²) >= 11 is 6.16. The molecule has 2 aromatic rings. The van der Waals surface area contributed by atoms with Gasteiger partial charge in [0, 0.05) is 6.08 Å². The molecule has 0 saturated heterocycles. The molecule has 21 heavy (non-hydrogen) atoms. The number of carboxylic acids is 1. The van der Waals surface area contributed by atoms with Gasteiger partial charge in [0.25, 0.3) is 0 Å². The molecule has 3 nitrogen and oxygen atoms in total. The maximum absolute atomic E-state index is 10.5. The number of ether oxygens (including phenoxy) is 1. The minimum absolute atomic E-state index is 0.435. The van der Waals surface area contributed by atoms with E-state index in [1.165, 1.54) is 11.6 Å². The molecule has 0 spiro atoms. The van der Waals surface area contributed by atoms with Crippen LogP contribution in [0.25, 0.3) is 6.08 Å². The van der Waals surface area contributed by atoms with Gasteiger partial charge in [0.15, 0.2) is 0 Å². The highest BCUT2D eigenvalue weighted by atomic mass is 35.5. The van der Waals surface area contributed by atoms with Crippen molar-refractivity contribution >= 4 is 23.6 Å². The summed E-state index contributed by atoms with van der Waals surface area (Å²) in [6.07, 6.45) is 3.48. The molecule has 0 fully saturated rings. The number of benzene rings is 2. The number of carboxylic acid groups (broad SMARTS) is 1. The molecule has 0 aliphatic rings. The highest BCUT2D eigenvalue weighted by Crippen LogP contribution is 2.30. The van der Waals surface area contributed by atoms with Crippen molar-refractivity contribution in [2.75, 3.05) is 0 Å². The number of hydrogen-bond acceptors (Lipinski definition) is 2. The molecule has 0 radical (unpaired) electrons. The van der Waals surface area contributed by atoms with E-state index in [1.54, 1.807) is 18.2 Å². The summed E-state index contributed by atoms with van der Waals surface area (Å²) in [5.41, 5.74) is 1.89. The molecular weight excluding hydrogens is 288 g/mol. The average Bonchev–Trinajstić information content (AvgIpc) is 2.48. The van der Waals surface area contributed by atoms with Crippen LogP contribution in [0.2, 0.25) is 5.02 Å². The molecule has 0 amide bonds. The summed E-state index contributed by atoms with van der Waals surface area (Å²) < 4.78 is 5.76. The Kier molecular flexibility index (Phi) is 5.01. The van der Waals surface area contributed by atoms with Crippen LogP contribution in [0.15, 0.2) is 48.5 Å². The van der Waals surface area contributed by atoms with Crippen molar-refractivity contribution in [2.24, 2.45) is 0 Å². The predicted octanol–water partition coefficient (Wildman–Crippen LogP) is 4.79. The van der Waals surface area contributed by atoms with E-state index in [-0.39, 0.29) is 0 Å². The number of aliphatic carboxylic acids is 1. The second-order valence-electron chi connectivity index (χ2n) is 4.46. The largest absolute Gasteiger partial charge is 0.478 e. The van der Waals surface area contributed by atoms with Crippen molar-refractivity contribution in [1.29, 1.82) is 0 Å². The Labute approximate surface area is 128 Å². The van der Waals surface area contributed by atoms with Crippen LogP contribution in [-0.4, -0.2) is 11.1 Å². The molecule has 0 aliphatic carbocycles. The summed E-state index contributed by atoms with van der Waals surface area (Å²) in [5.74, 6) is 0.269. The zero-order valence-electron chi connectivity index (χ0n) is 11.5. The molecule has 108 valence electrons.